The van der Waals surface area contributed by atoms with Gasteiger partial charge >= 0.3 is 0 Å². The molecule has 0 atom stereocenters. The summed E-state index contributed by atoms with van der Waals surface area (Å²) in [5.41, 5.74) is 4.00. The van der Waals surface area contributed by atoms with Crippen molar-refractivity contribution in [3.05, 3.63) is 22.8 Å². The first-order valence-electron chi connectivity index (χ1n) is 5.43. The van der Waals surface area contributed by atoms with E-state index >= 15 is 0 Å². The summed E-state index contributed by atoms with van der Waals surface area (Å²) >= 11 is 3.45. The van der Waals surface area contributed by atoms with Gasteiger partial charge in [-0.25, -0.2) is 9.52 Å². The van der Waals surface area contributed by atoms with E-state index in [1.807, 2.05) is 18.3 Å². The van der Waals surface area contributed by atoms with E-state index in [1.54, 1.807) is 4.52 Å². The molecular formula is C10H12BrN5O. The number of nitrogens with zero attached hydrogens (tertiary/aromatic N) is 4. The molecule has 1 aliphatic rings. The van der Waals surface area contributed by atoms with E-state index in [0.717, 1.165) is 36.4 Å². The predicted octanol–water partition coefficient (Wildman–Crippen LogP) is 1.15. The summed E-state index contributed by atoms with van der Waals surface area (Å²) in [7, 11) is 0. The number of anilines is 1. The predicted molar refractivity (Wildman–Crippen MR) is 66.7 cm³/mol. The van der Waals surface area contributed by atoms with Gasteiger partial charge in [-0.05, 0) is 28.1 Å². The number of rotatable bonds is 2. The molecule has 3 heterocycles. The molecule has 0 spiro atoms. The van der Waals surface area contributed by atoms with Crippen molar-refractivity contribution in [2.45, 2.75) is 0 Å². The lowest BCUT2D eigenvalue weighted by molar-refractivity contribution is 0.0493. The van der Waals surface area contributed by atoms with Gasteiger partial charge in [0.25, 0.3) is 5.95 Å². The maximum Gasteiger partial charge on any atom is 0.257 e. The smallest absolute Gasteiger partial charge is 0.257 e. The van der Waals surface area contributed by atoms with Crippen LogP contribution in [0.4, 0.5) is 5.95 Å². The van der Waals surface area contributed by atoms with Gasteiger partial charge in [-0.1, -0.05) is 0 Å². The Morgan fingerprint density at radius 1 is 1.35 bits per heavy atom. The van der Waals surface area contributed by atoms with Crippen molar-refractivity contribution >= 4 is 27.5 Å². The molecule has 0 amide bonds. The highest BCUT2D eigenvalue weighted by molar-refractivity contribution is 9.10. The van der Waals surface area contributed by atoms with E-state index < -0.39 is 0 Å². The molecule has 1 N–H and O–H groups in total. The molecule has 2 aromatic heterocycles. The van der Waals surface area contributed by atoms with Crippen LogP contribution in [0.3, 0.4) is 0 Å². The highest BCUT2D eigenvalue weighted by Crippen LogP contribution is 2.17. The molecule has 3 rings (SSSR count). The molecular weight excluding hydrogens is 286 g/mol. The summed E-state index contributed by atoms with van der Waals surface area (Å²) in [6.45, 7) is 3.17. The van der Waals surface area contributed by atoms with Crippen LogP contribution in [0.2, 0.25) is 0 Å². The van der Waals surface area contributed by atoms with Crippen molar-refractivity contribution in [2.75, 3.05) is 31.7 Å². The summed E-state index contributed by atoms with van der Waals surface area (Å²) < 4.78 is 7.96. The van der Waals surface area contributed by atoms with Crippen LogP contribution in [-0.4, -0.2) is 45.9 Å². The number of hydrogen-bond donors (Lipinski definition) is 1. The van der Waals surface area contributed by atoms with E-state index in [9.17, 15) is 0 Å². The summed E-state index contributed by atoms with van der Waals surface area (Å²) in [6, 6.07) is 3.87. The zero-order valence-electron chi connectivity index (χ0n) is 9.14. The Morgan fingerprint density at radius 3 is 2.94 bits per heavy atom. The minimum absolute atomic E-state index is 0.610. The van der Waals surface area contributed by atoms with E-state index in [2.05, 4.69) is 36.4 Å². The quantitative estimate of drug-likeness (QED) is 0.901. The number of halogens is 1. The van der Waals surface area contributed by atoms with Gasteiger partial charge < -0.3 is 4.74 Å². The Bertz CT molecular complexity index is 522. The third-order valence-corrected chi connectivity index (χ3v) is 3.20. The van der Waals surface area contributed by atoms with E-state index in [0.29, 0.717) is 5.95 Å². The zero-order valence-corrected chi connectivity index (χ0v) is 10.7. The molecule has 0 aliphatic carbocycles. The molecule has 1 fully saturated rings. The van der Waals surface area contributed by atoms with E-state index in [-0.39, 0.29) is 0 Å². The summed E-state index contributed by atoms with van der Waals surface area (Å²) in [4.78, 5) is 4.42. The molecule has 0 unspecified atom stereocenters. The molecule has 0 aromatic carbocycles. The van der Waals surface area contributed by atoms with Crippen LogP contribution in [-0.2, 0) is 4.74 Å². The molecule has 0 saturated carbocycles. The van der Waals surface area contributed by atoms with Crippen LogP contribution < -0.4 is 5.43 Å². The van der Waals surface area contributed by atoms with Crippen molar-refractivity contribution in [3.8, 4) is 0 Å². The van der Waals surface area contributed by atoms with Crippen LogP contribution in [0.5, 0.6) is 0 Å². The lowest BCUT2D eigenvalue weighted by Gasteiger charge is -2.26. The fourth-order valence-electron chi connectivity index (χ4n) is 1.74. The molecule has 6 nitrogen and oxygen atoms in total. The lowest BCUT2D eigenvalue weighted by atomic mass is 10.5. The first-order valence-corrected chi connectivity index (χ1v) is 6.22. The van der Waals surface area contributed by atoms with Gasteiger partial charge in [0.05, 0.1) is 17.7 Å². The second kappa shape index (κ2) is 4.59. The van der Waals surface area contributed by atoms with Crippen LogP contribution in [0.1, 0.15) is 0 Å². The zero-order chi connectivity index (χ0) is 11.7. The molecule has 1 saturated heterocycles. The second-order valence-electron chi connectivity index (χ2n) is 3.77. The van der Waals surface area contributed by atoms with Crippen molar-refractivity contribution in [1.29, 1.82) is 0 Å². The first-order chi connectivity index (χ1) is 8.33. The van der Waals surface area contributed by atoms with Crippen LogP contribution >= 0.6 is 15.9 Å². The lowest BCUT2D eigenvalue weighted by Crippen LogP contribution is -2.40. The fraction of sp³-hybridized carbons (Fsp3) is 0.400. The van der Waals surface area contributed by atoms with Crippen molar-refractivity contribution in [2.24, 2.45) is 0 Å². The highest BCUT2D eigenvalue weighted by Gasteiger charge is 2.13. The largest absolute Gasteiger partial charge is 0.379 e. The molecule has 2 aromatic rings. The Labute approximate surface area is 107 Å². The Hall–Kier alpha value is -1.18. The van der Waals surface area contributed by atoms with Gasteiger partial charge in [0.15, 0.2) is 5.65 Å². The van der Waals surface area contributed by atoms with Gasteiger partial charge in [0.2, 0.25) is 0 Å². The van der Waals surface area contributed by atoms with Crippen molar-refractivity contribution in [1.82, 2.24) is 19.6 Å². The average molecular weight is 298 g/mol. The maximum absolute atomic E-state index is 5.28. The average Bonchev–Trinajstić information content (AvgIpc) is 2.74. The third-order valence-electron chi connectivity index (χ3n) is 2.58. The van der Waals surface area contributed by atoms with Gasteiger partial charge in [-0.15, -0.1) is 5.10 Å². The van der Waals surface area contributed by atoms with Crippen molar-refractivity contribution < 1.29 is 4.74 Å². The molecule has 0 bridgehead atoms. The number of pyridine rings is 1. The summed E-state index contributed by atoms with van der Waals surface area (Å²) in [5.74, 6) is 0.610. The number of morpholine rings is 1. The second-order valence-corrected chi connectivity index (χ2v) is 4.63. The Kier molecular flexibility index (Phi) is 2.96. The number of nitrogens with one attached hydrogen (secondary N) is 1. The summed E-state index contributed by atoms with van der Waals surface area (Å²) in [6.07, 6.45) is 1.87. The molecule has 17 heavy (non-hydrogen) atoms. The minimum Gasteiger partial charge on any atom is -0.379 e. The van der Waals surface area contributed by atoms with Gasteiger partial charge in [-0.3, -0.25) is 5.43 Å². The number of ether oxygens (including phenoxy) is 1. The van der Waals surface area contributed by atoms with Crippen LogP contribution in [0, 0.1) is 0 Å². The fourth-order valence-corrected chi connectivity index (χ4v) is 2.16. The topological polar surface area (TPSA) is 54.7 Å². The Balaban J connectivity index is 1.83. The first kappa shape index (κ1) is 10.9. The normalized spacial score (nSPS) is 17.5. The van der Waals surface area contributed by atoms with E-state index in [4.69, 9.17) is 4.74 Å². The van der Waals surface area contributed by atoms with Crippen molar-refractivity contribution in [3.63, 3.8) is 0 Å². The van der Waals surface area contributed by atoms with Crippen LogP contribution in [0.25, 0.3) is 5.65 Å². The minimum atomic E-state index is 0.610. The summed E-state index contributed by atoms with van der Waals surface area (Å²) in [5, 5.41) is 6.41. The van der Waals surface area contributed by atoms with Gasteiger partial charge in [-0.2, -0.15) is 4.98 Å². The number of fused-ring (bicyclic) bond motifs is 1. The molecule has 90 valence electrons. The number of hydrazine groups is 1. The van der Waals surface area contributed by atoms with Gasteiger partial charge in [0.1, 0.15) is 0 Å². The molecule has 0 radical (unpaired) electrons. The monoisotopic (exact) mass is 297 g/mol. The molecule has 1 aliphatic heterocycles. The highest BCUT2D eigenvalue weighted by atomic mass is 79.9. The standard InChI is InChI=1S/C10H12BrN5O/c11-8-2-1-3-16-9(8)12-10(14-16)13-15-4-6-17-7-5-15/h1-3H,4-7H2,(H,13,14). The maximum atomic E-state index is 5.28. The number of aromatic nitrogens is 3. The third kappa shape index (κ3) is 2.26. The SMILES string of the molecule is Brc1cccn2nc(NN3CCOCC3)nc12. The van der Waals surface area contributed by atoms with Gasteiger partial charge in [0, 0.05) is 19.3 Å². The molecule has 7 heteroatoms. The van der Waals surface area contributed by atoms with E-state index in [1.165, 1.54) is 0 Å². The van der Waals surface area contributed by atoms with Crippen LogP contribution in [0.15, 0.2) is 22.8 Å². The Morgan fingerprint density at radius 2 is 2.18 bits per heavy atom. The number of hydrogen-bond acceptors (Lipinski definition) is 5.